The van der Waals surface area contributed by atoms with E-state index in [-0.39, 0.29) is 47.5 Å². The first-order valence-electron chi connectivity index (χ1n) is 18.7. The molecule has 4 nitrogen and oxygen atoms in total. The van der Waals surface area contributed by atoms with E-state index in [1.54, 1.807) is 6.33 Å². The fourth-order valence-electron chi connectivity index (χ4n) is 8.00. The Morgan fingerprint density at radius 3 is 1.96 bits per heavy atom. The Labute approximate surface area is 327 Å². The van der Waals surface area contributed by atoms with Gasteiger partial charge in [0.1, 0.15) is 6.33 Å². The smallest absolute Gasteiger partial charge is 0.160 e. The van der Waals surface area contributed by atoms with Crippen LogP contribution in [0.4, 0.5) is 0 Å². The van der Waals surface area contributed by atoms with E-state index in [0.29, 0.717) is 23.7 Å². The molecule has 2 heterocycles. The molecule has 4 aromatic rings. The van der Waals surface area contributed by atoms with Gasteiger partial charge in [0, 0.05) is 46.0 Å². The standard InChI is InChI=1S/C25H25N2S.C20H39NO.Ir/c1-15-13-17-19(25(4,5)12-11-24(17,2)3)18-21-23(28-22(15)18)20(26-14-27-21)16-9-7-6-8-10-16;1-13(2)19(9,14(3)4)17(21-11)12-18(22)20(10,15(5)6)16(7)8;/h6-9,13-14H,11-12H2,1-5H3;12-16H,1-11H3,(H,21,22);/q-1;;/p-1. The van der Waals surface area contributed by atoms with E-state index in [1.165, 1.54) is 44.3 Å². The van der Waals surface area contributed by atoms with Crippen LogP contribution in [0.25, 0.3) is 36.9 Å². The number of hydrogen-bond donors (Lipinski definition) is 0. The summed E-state index contributed by atoms with van der Waals surface area (Å²) in [7, 11) is 1.81. The summed E-state index contributed by atoms with van der Waals surface area (Å²) in [6.45, 7) is 33.6. The molecule has 0 fully saturated rings. The van der Waals surface area contributed by atoms with Crippen molar-refractivity contribution in [3.8, 4) is 11.3 Å². The molecular weight excluding hydrogens is 823 g/mol. The van der Waals surface area contributed by atoms with Gasteiger partial charge in [-0.25, -0.2) is 4.98 Å². The van der Waals surface area contributed by atoms with E-state index in [4.69, 9.17) is 4.98 Å². The molecule has 0 bridgehead atoms. The first kappa shape index (κ1) is 43.0. The Kier molecular flexibility index (Phi) is 13.4. The molecule has 2 aromatic heterocycles. The molecule has 0 saturated carbocycles. The van der Waals surface area contributed by atoms with Gasteiger partial charge < -0.3 is 5.32 Å². The number of benzene rings is 2. The van der Waals surface area contributed by atoms with Gasteiger partial charge in [0.15, 0.2) is 5.78 Å². The summed E-state index contributed by atoms with van der Waals surface area (Å²) in [5, 5.41) is 5.87. The number of thiophene rings is 1. The molecule has 51 heavy (non-hydrogen) atoms. The summed E-state index contributed by atoms with van der Waals surface area (Å²) in [5.74, 6) is 1.68. The fraction of sp³-hybridized carbons (Fsp3) is 0.578. The summed E-state index contributed by atoms with van der Waals surface area (Å²) in [5.41, 5.74) is 8.34. The molecule has 0 unspecified atom stereocenters. The van der Waals surface area contributed by atoms with Crippen molar-refractivity contribution in [3.05, 3.63) is 76.5 Å². The number of nitrogens with zero attached hydrogens (tertiary/aromatic N) is 3. The van der Waals surface area contributed by atoms with Crippen LogP contribution < -0.4 is 0 Å². The van der Waals surface area contributed by atoms with Gasteiger partial charge in [0.05, 0.1) is 5.52 Å². The van der Waals surface area contributed by atoms with Crippen LogP contribution in [0.5, 0.6) is 0 Å². The molecule has 1 aliphatic carbocycles. The third-order valence-corrected chi connectivity index (χ3v) is 14.2. The van der Waals surface area contributed by atoms with Crippen LogP contribution in [-0.4, -0.2) is 22.8 Å². The first-order chi connectivity index (χ1) is 23.2. The van der Waals surface area contributed by atoms with Crippen LogP contribution in [0.2, 0.25) is 0 Å². The number of rotatable bonds is 9. The van der Waals surface area contributed by atoms with Crippen molar-refractivity contribution in [1.29, 1.82) is 0 Å². The van der Waals surface area contributed by atoms with Crippen LogP contribution in [-0.2, 0) is 35.7 Å². The van der Waals surface area contributed by atoms with Crippen molar-refractivity contribution in [2.45, 2.75) is 128 Å². The van der Waals surface area contributed by atoms with Crippen LogP contribution in [0.3, 0.4) is 0 Å². The Morgan fingerprint density at radius 2 is 1.45 bits per heavy atom. The van der Waals surface area contributed by atoms with E-state index in [0.717, 1.165) is 22.5 Å². The Balaban J connectivity index is 0.000000280. The Hall–Kier alpha value is -2.40. The summed E-state index contributed by atoms with van der Waals surface area (Å²) in [6.07, 6.45) is 5.98. The van der Waals surface area contributed by atoms with E-state index in [9.17, 15) is 4.79 Å². The zero-order valence-corrected chi connectivity index (χ0v) is 37.5. The number of carbonyl (C=O) groups is 1. The van der Waals surface area contributed by atoms with Gasteiger partial charge in [-0.2, -0.15) is 5.70 Å². The SMILES string of the molecule is C[N-]/C(=C\C(=O)C(C)(C(C)C)C(C)C)C(C)(C(C)C)C(C)C.Cc1cc2c(c3c1sc1c(-c4[c-]cccc4)ncnc13)C(C)(C)CCC2(C)C.[Ir]. The third kappa shape index (κ3) is 7.81. The minimum absolute atomic E-state index is 0. The molecule has 0 spiro atoms. The van der Waals surface area contributed by atoms with E-state index >= 15 is 0 Å². The normalized spacial score (nSPS) is 16.0. The van der Waals surface area contributed by atoms with Crippen LogP contribution >= 0.6 is 11.3 Å². The van der Waals surface area contributed by atoms with E-state index in [2.05, 4.69) is 132 Å². The third-order valence-electron chi connectivity index (χ3n) is 12.8. The number of hydrogen-bond acceptors (Lipinski definition) is 4. The van der Waals surface area contributed by atoms with Gasteiger partial charge in [-0.1, -0.05) is 103 Å². The van der Waals surface area contributed by atoms with Crippen LogP contribution in [0.1, 0.15) is 126 Å². The molecule has 0 aliphatic heterocycles. The molecule has 0 amide bonds. The van der Waals surface area contributed by atoms with Gasteiger partial charge in [0.2, 0.25) is 0 Å². The van der Waals surface area contributed by atoms with Crippen LogP contribution in [0, 0.1) is 47.5 Å². The largest absolute Gasteiger partial charge is 0.690 e. The minimum atomic E-state index is -0.342. The van der Waals surface area contributed by atoms with Gasteiger partial charge in [0.25, 0.3) is 0 Å². The van der Waals surface area contributed by atoms with Gasteiger partial charge in [-0.3, -0.25) is 9.78 Å². The molecule has 1 radical (unpaired) electrons. The van der Waals surface area contributed by atoms with Gasteiger partial charge in [-0.15, -0.1) is 54.3 Å². The Bertz CT molecular complexity index is 1850. The predicted octanol–water partition coefficient (Wildman–Crippen LogP) is 13.0. The number of aryl methyl sites for hydroxylation is 1. The molecular formula is C45H63IrN3OS-2. The first-order valence-corrected chi connectivity index (χ1v) is 19.5. The average molecular weight is 886 g/mol. The van der Waals surface area contributed by atoms with Gasteiger partial charge in [-0.05, 0) is 82.4 Å². The number of allylic oxidation sites excluding steroid dienone is 2. The average Bonchev–Trinajstić information content (AvgIpc) is 3.45. The monoisotopic (exact) mass is 886 g/mol. The number of carbonyl (C=O) groups excluding carboxylic acids is 1. The summed E-state index contributed by atoms with van der Waals surface area (Å²) in [4.78, 5) is 22.5. The van der Waals surface area contributed by atoms with Crippen molar-refractivity contribution in [1.82, 2.24) is 9.97 Å². The maximum absolute atomic E-state index is 13.1. The number of ketones is 1. The van der Waals surface area contributed by atoms with Crippen molar-refractivity contribution < 1.29 is 24.9 Å². The molecule has 281 valence electrons. The van der Waals surface area contributed by atoms with Gasteiger partial charge >= 0.3 is 0 Å². The molecule has 0 atom stereocenters. The number of aromatic nitrogens is 2. The second-order valence-electron chi connectivity index (χ2n) is 17.7. The zero-order chi connectivity index (χ0) is 37.6. The maximum atomic E-state index is 13.1. The van der Waals surface area contributed by atoms with E-state index < -0.39 is 0 Å². The fourth-order valence-corrected chi connectivity index (χ4v) is 9.23. The maximum Gasteiger partial charge on any atom is 0.160 e. The zero-order valence-electron chi connectivity index (χ0n) is 34.3. The Morgan fingerprint density at radius 1 is 0.882 bits per heavy atom. The molecule has 1 aliphatic rings. The summed E-state index contributed by atoms with van der Waals surface area (Å²) in [6, 6.07) is 13.9. The molecule has 5 rings (SSSR count). The quantitative estimate of drug-likeness (QED) is 0.124. The molecule has 0 saturated heterocycles. The topological polar surface area (TPSA) is 57.0 Å². The van der Waals surface area contributed by atoms with Crippen molar-refractivity contribution >= 4 is 37.4 Å². The summed E-state index contributed by atoms with van der Waals surface area (Å²) >= 11 is 1.84. The van der Waals surface area contributed by atoms with Crippen molar-refractivity contribution in [2.24, 2.45) is 34.5 Å². The summed E-state index contributed by atoms with van der Waals surface area (Å²) < 4.78 is 2.54. The van der Waals surface area contributed by atoms with Crippen molar-refractivity contribution in [3.63, 3.8) is 0 Å². The second kappa shape index (κ2) is 15.9. The molecule has 0 N–H and O–H groups in total. The molecule has 6 heteroatoms. The predicted molar refractivity (Wildman–Crippen MR) is 217 cm³/mol. The second-order valence-corrected chi connectivity index (χ2v) is 18.7. The van der Waals surface area contributed by atoms with Crippen LogP contribution in [0.15, 0.2) is 48.4 Å². The van der Waals surface area contributed by atoms with Crippen molar-refractivity contribution in [2.75, 3.05) is 7.05 Å². The minimum Gasteiger partial charge on any atom is -0.690 e. The molecule has 2 aromatic carbocycles. The number of fused-ring (bicyclic) bond motifs is 5. The van der Waals surface area contributed by atoms with E-state index in [1.807, 2.05) is 42.7 Å².